The number of alkyl halides is 3. The van der Waals surface area contributed by atoms with Crippen molar-refractivity contribution >= 4 is 22.9 Å². The predicted octanol–water partition coefficient (Wildman–Crippen LogP) is 8.04. The van der Waals surface area contributed by atoms with Crippen molar-refractivity contribution < 1.29 is 27.1 Å². The number of hydrogen-bond acceptors (Lipinski definition) is 6. The molecule has 5 aromatic rings. The van der Waals surface area contributed by atoms with E-state index in [0.29, 0.717) is 63.8 Å². The first kappa shape index (κ1) is 33.2. The first-order valence-electron chi connectivity index (χ1n) is 15.6. The van der Waals surface area contributed by atoms with Crippen LogP contribution in [0.5, 0.6) is 5.75 Å². The Bertz CT molecular complexity index is 1790. The number of carbonyl (C=O) groups excluding carboxylic acids is 1. The molecule has 6 nitrogen and oxygen atoms in total. The van der Waals surface area contributed by atoms with E-state index in [1.54, 1.807) is 28.5 Å². The van der Waals surface area contributed by atoms with Crippen LogP contribution < -0.4 is 9.64 Å². The van der Waals surface area contributed by atoms with Gasteiger partial charge in [-0.25, -0.2) is 9.37 Å². The minimum absolute atomic E-state index is 0.197. The van der Waals surface area contributed by atoms with Gasteiger partial charge in [0.2, 0.25) is 0 Å². The number of rotatable bonds is 11. The molecule has 11 heteroatoms. The van der Waals surface area contributed by atoms with Crippen LogP contribution in [0.2, 0.25) is 0 Å². The van der Waals surface area contributed by atoms with Crippen molar-refractivity contribution in [1.29, 1.82) is 0 Å². The Kier molecular flexibility index (Phi) is 10.4. The van der Waals surface area contributed by atoms with E-state index >= 15 is 0 Å². The van der Waals surface area contributed by atoms with Gasteiger partial charge in [0.1, 0.15) is 28.9 Å². The lowest BCUT2D eigenvalue weighted by Gasteiger charge is -2.36. The third-order valence-electron chi connectivity index (χ3n) is 8.13. The summed E-state index contributed by atoms with van der Waals surface area (Å²) in [6.45, 7) is 3.70. The van der Waals surface area contributed by atoms with E-state index in [1.165, 1.54) is 29.5 Å². The number of anilines is 1. The number of amides is 1. The zero-order valence-corrected chi connectivity index (χ0v) is 26.9. The molecule has 6 rings (SSSR count). The summed E-state index contributed by atoms with van der Waals surface area (Å²) in [5.74, 6) is 0.277. The molecule has 0 spiro atoms. The molecule has 0 N–H and O–H groups in total. The first-order chi connectivity index (χ1) is 23.2. The number of nitrogens with zero attached hydrogens (tertiary/aromatic N) is 4. The molecule has 1 saturated heterocycles. The van der Waals surface area contributed by atoms with Crippen LogP contribution in [-0.2, 0) is 32.4 Å². The van der Waals surface area contributed by atoms with Gasteiger partial charge in [-0.2, -0.15) is 13.2 Å². The molecule has 4 aromatic carbocycles. The van der Waals surface area contributed by atoms with Gasteiger partial charge in [-0.3, -0.25) is 9.69 Å². The molecular formula is C37H34F4N4O2S. The number of hydrogen-bond donors (Lipinski definition) is 0. The Labute approximate surface area is 280 Å². The van der Waals surface area contributed by atoms with Gasteiger partial charge in [-0.15, -0.1) is 11.3 Å². The van der Waals surface area contributed by atoms with Crippen molar-refractivity contribution in [2.45, 2.75) is 32.4 Å². The highest BCUT2D eigenvalue weighted by Gasteiger charge is 2.31. The van der Waals surface area contributed by atoms with Crippen molar-refractivity contribution in [2.75, 3.05) is 31.1 Å². The lowest BCUT2D eigenvalue weighted by molar-refractivity contribution is -0.137. The van der Waals surface area contributed by atoms with Crippen molar-refractivity contribution in [3.05, 3.63) is 147 Å². The second-order valence-electron chi connectivity index (χ2n) is 11.6. The summed E-state index contributed by atoms with van der Waals surface area (Å²) in [6, 6.07) is 29.6. The fraction of sp³-hybridized carbons (Fsp3) is 0.243. The van der Waals surface area contributed by atoms with Crippen LogP contribution in [-0.4, -0.2) is 46.9 Å². The Hall–Kier alpha value is -4.74. The average molecular weight is 675 g/mol. The summed E-state index contributed by atoms with van der Waals surface area (Å²) in [5, 5.41) is 2.53. The molecule has 48 heavy (non-hydrogen) atoms. The molecular weight excluding hydrogens is 640 g/mol. The van der Waals surface area contributed by atoms with Crippen LogP contribution in [0.4, 0.5) is 23.2 Å². The summed E-state index contributed by atoms with van der Waals surface area (Å²) in [6.07, 6.45) is -4.41. The van der Waals surface area contributed by atoms with Gasteiger partial charge >= 0.3 is 6.18 Å². The number of thiazole rings is 1. The molecule has 0 atom stereocenters. The van der Waals surface area contributed by atoms with E-state index in [0.717, 1.165) is 39.6 Å². The summed E-state index contributed by atoms with van der Waals surface area (Å²) in [5.41, 5.74) is 3.26. The maximum Gasteiger partial charge on any atom is 0.416 e. The maximum atomic E-state index is 13.6. The molecule has 1 amide bonds. The summed E-state index contributed by atoms with van der Waals surface area (Å²) in [4.78, 5) is 23.8. The predicted molar refractivity (Wildman–Crippen MR) is 178 cm³/mol. The van der Waals surface area contributed by atoms with Crippen LogP contribution in [0.1, 0.15) is 37.7 Å². The van der Waals surface area contributed by atoms with Crippen molar-refractivity contribution in [3.8, 4) is 5.75 Å². The minimum atomic E-state index is -4.41. The zero-order chi connectivity index (χ0) is 33.5. The van der Waals surface area contributed by atoms with Crippen LogP contribution in [0.25, 0.3) is 0 Å². The summed E-state index contributed by atoms with van der Waals surface area (Å²) >= 11 is 1.40. The second-order valence-corrected chi connectivity index (χ2v) is 12.6. The van der Waals surface area contributed by atoms with E-state index < -0.39 is 11.7 Å². The van der Waals surface area contributed by atoms with E-state index in [2.05, 4.69) is 9.88 Å². The highest BCUT2D eigenvalue weighted by molar-refractivity contribution is 7.09. The Balaban J connectivity index is 1.08. The van der Waals surface area contributed by atoms with E-state index in [4.69, 9.17) is 4.74 Å². The fourth-order valence-electron chi connectivity index (χ4n) is 5.59. The van der Waals surface area contributed by atoms with Gasteiger partial charge in [0.05, 0.1) is 12.1 Å². The monoisotopic (exact) mass is 674 g/mol. The summed E-state index contributed by atoms with van der Waals surface area (Å²) in [7, 11) is 0. The summed E-state index contributed by atoms with van der Waals surface area (Å²) < 4.78 is 59.1. The Morgan fingerprint density at radius 2 is 1.46 bits per heavy atom. The van der Waals surface area contributed by atoms with Gasteiger partial charge in [-0.05, 0) is 59.2 Å². The lowest BCUT2D eigenvalue weighted by Crippen LogP contribution is -2.49. The number of halogens is 4. The molecule has 0 radical (unpaired) electrons. The molecule has 0 unspecified atom stereocenters. The molecule has 0 saturated carbocycles. The highest BCUT2D eigenvalue weighted by atomic mass is 32.1. The van der Waals surface area contributed by atoms with Crippen molar-refractivity contribution in [2.24, 2.45) is 0 Å². The number of ether oxygens (including phenoxy) is 1. The topological polar surface area (TPSA) is 48.9 Å². The molecule has 2 heterocycles. The van der Waals surface area contributed by atoms with Gasteiger partial charge in [0.15, 0.2) is 0 Å². The third-order valence-corrected chi connectivity index (χ3v) is 8.97. The Morgan fingerprint density at radius 3 is 2.12 bits per heavy atom. The zero-order valence-electron chi connectivity index (χ0n) is 26.1. The number of carbonyl (C=O) groups is 1. The maximum absolute atomic E-state index is 13.6. The SMILES string of the molecule is O=C(c1csc(CN(Cc2ccc(F)cc2)Cc2ccc(OCc3ccccc3)cc2)n1)N1CCN(c2cccc(C(F)(F)F)c2)CC1. The fourth-order valence-corrected chi connectivity index (χ4v) is 6.40. The van der Waals surface area contributed by atoms with Crippen molar-refractivity contribution in [3.63, 3.8) is 0 Å². The molecule has 1 aliphatic rings. The first-order valence-corrected chi connectivity index (χ1v) is 16.5. The molecule has 1 aliphatic heterocycles. The normalized spacial score (nSPS) is 13.6. The second kappa shape index (κ2) is 15.0. The third kappa shape index (κ3) is 8.78. The molecule has 1 aromatic heterocycles. The number of benzene rings is 4. The smallest absolute Gasteiger partial charge is 0.416 e. The molecule has 0 aliphatic carbocycles. The largest absolute Gasteiger partial charge is 0.489 e. The van der Waals surface area contributed by atoms with Crippen LogP contribution in [0, 0.1) is 5.82 Å². The van der Waals surface area contributed by atoms with Gasteiger partial charge in [0, 0.05) is 50.3 Å². The molecule has 0 bridgehead atoms. The average Bonchev–Trinajstić information content (AvgIpc) is 3.57. The number of aromatic nitrogens is 1. The van der Waals surface area contributed by atoms with Gasteiger partial charge in [0.25, 0.3) is 5.91 Å². The van der Waals surface area contributed by atoms with Crippen LogP contribution in [0.15, 0.2) is 109 Å². The standard InChI is InChI=1S/C37H34F4N4O2S/c38-31-13-9-27(10-14-31)22-43(23-28-11-15-33(16-12-28)47-25-29-5-2-1-3-6-29)24-35-42-34(26-48-35)36(46)45-19-17-44(18-20-45)32-8-4-7-30(21-32)37(39,40)41/h1-16,21,26H,17-20,22-25H2. The Morgan fingerprint density at radius 1 is 0.792 bits per heavy atom. The minimum Gasteiger partial charge on any atom is -0.489 e. The quantitative estimate of drug-likeness (QED) is 0.133. The number of piperazine rings is 1. The van der Waals surface area contributed by atoms with Gasteiger partial charge in [-0.1, -0.05) is 60.7 Å². The lowest BCUT2D eigenvalue weighted by atomic mass is 10.1. The highest BCUT2D eigenvalue weighted by Crippen LogP contribution is 2.32. The van der Waals surface area contributed by atoms with Crippen LogP contribution >= 0.6 is 11.3 Å². The van der Waals surface area contributed by atoms with Crippen molar-refractivity contribution in [1.82, 2.24) is 14.8 Å². The van der Waals surface area contributed by atoms with E-state index in [9.17, 15) is 22.4 Å². The van der Waals surface area contributed by atoms with Crippen LogP contribution in [0.3, 0.4) is 0 Å². The van der Waals surface area contributed by atoms with Gasteiger partial charge < -0.3 is 14.5 Å². The van der Waals surface area contributed by atoms with E-state index in [-0.39, 0.29) is 11.7 Å². The van der Waals surface area contributed by atoms with E-state index in [1.807, 2.05) is 59.5 Å². The molecule has 248 valence electrons. The molecule has 1 fully saturated rings.